The first kappa shape index (κ1) is 14.8. The van der Waals surface area contributed by atoms with Crippen molar-refractivity contribution in [1.29, 1.82) is 0 Å². The van der Waals surface area contributed by atoms with Crippen LogP contribution in [0.1, 0.15) is 58.3 Å². The molecule has 2 N–H and O–H groups in total. The summed E-state index contributed by atoms with van der Waals surface area (Å²) >= 11 is 0. The van der Waals surface area contributed by atoms with Gasteiger partial charge in [-0.2, -0.15) is 0 Å². The number of nitrogens with one attached hydrogen (secondary N) is 1. The number of likely N-dealkylation sites (tertiary alicyclic amines) is 1. The summed E-state index contributed by atoms with van der Waals surface area (Å²) < 4.78 is 0. The van der Waals surface area contributed by atoms with Gasteiger partial charge in [0.2, 0.25) is 5.91 Å². The van der Waals surface area contributed by atoms with Gasteiger partial charge < -0.3 is 10.4 Å². The van der Waals surface area contributed by atoms with E-state index in [-0.39, 0.29) is 12.0 Å². The average Bonchev–Trinajstić information content (AvgIpc) is 3.15. The summed E-state index contributed by atoms with van der Waals surface area (Å²) in [5, 5.41) is 12.7. The van der Waals surface area contributed by atoms with Gasteiger partial charge in [-0.25, -0.2) is 0 Å². The molecule has 1 aliphatic heterocycles. The molecule has 2 fully saturated rings. The number of carbonyl (C=O) groups excluding carboxylic acids is 1. The largest absolute Gasteiger partial charge is 0.393 e. The highest BCUT2D eigenvalue weighted by molar-refractivity contribution is 5.76. The Labute approximate surface area is 116 Å². The lowest BCUT2D eigenvalue weighted by Crippen LogP contribution is -2.39. The van der Waals surface area contributed by atoms with Crippen LogP contribution < -0.4 is 5.32 Å². The standard InChI is InChI=1S/C15H28N2O2/c1-12(18)11-14-5-3-2-4-9-17(14)10-8-15(19)16-13-6-7-13/h12-14,18H,2-11H2,1H3,(H,16,19). The molecule has 1 heterocycles. The van der Waals surface area contributed by atoms with Gasteiger partial charge in [-0.05, 0) is 45.6 Å². The number of aliphatic hydroxyl groups excluding tert-OH is 1. The van der Waals surface area contributed by atoms with Gasteiger partial charge in [0.05, 0.1) is 6.10 Å². The molecule has 0 aromatic heterocycles. The summed E-state index contributed by atoms with van der Waals surface area (Å²) in [6.07, 6.45) is 8.42. The van der Waals surface area contributed by atoms with Crippen LogP contribution in [0.15, 0.2) is 0 Å². The van der Waals surface area contributed by atoms with Crippen molar-refractivity contribution in [3.8, 4) is 0 Å². The normalized spacial score (nSPS) is 26.7. The van der Waals surface area contributed by atoms with Gasteiger partial charge in [-0.3, -0.25) is 9.69 Å². The van der Waals surface area contributed by atoms with Gasteiger partial charge in [0.15, 0.2) is 0 Å². The van der Waals surface area contributed by atoms with E-state index in [0.29, 0.717) is 18.5 Å². The van der Waals surface area contributed by atoms with Gasteiger partial charge in [-0.15, -0.1) is 0 Å². The van der Waals surface area contributed by atoms with Crippen LogP contribution in [-0.4, -0.2) is 47.2 Å². The van der Waals surface area contributed by atoms with Crippen LogP contribution in [-0.2, 0) is 4.79 Å². The minimum atomic E-state index is -0.245. The number of rotatable bonds is 6. The zero-order valence-electron chi connectivity index (χ0n) is 12.1. The van der Waals surface area contributed by atoms with Gasteiger partial charge in [0, 0.05) is 25.0 Å². The van der Waals surface area contributed by atoms with E-state index in [9.17, 15) is 9.90 Å². The van der Waals surface area contributed by atoms with E-state index in [0.717, 1.165) is 38.8 Å². The molecule has 0 spiro atoms. The Morgan fingerprint density at radius 1 is 1.32 bits per heavy atom. The summed E-state index contributed by atoms with van der Waals surface area (Å²) in [4.78, 5) is 14.2. The SMILES string of the molecule is CC(O)CC1CCCCCN1CCC(=O)NC1CC1. The molecule has 2 atom stereocenters. The maximum Gasteiger partial charge on any atom is 0.221 e. The molecular formula is C15H28N2O2. The van der Waals surface area contributed by atoms with Crippen LogP contribution in [0.25, 0.3) is 0 Å². The van der Waals surface area contributed by atoms with Crippen molar-refractivity contribution in [3.63, 3.8) is 0 Å². The number of hydrogen-bond acceptors (Lipinski definition) is 3. The zero-order valence-corrected chi connectivity index (χ0v) is 12.1. The highest BCUT2D eigenvalue weighted by Crippen LogP contribution is 2.21. The Morgan fingerprint density at radius 2 is 2.11 bits per heavy atom. The average molecular weight is 268 g/mol. The third kappa shape index (κ3) is 5.49. The van der Waals surface area contributed by atoms with E-state index in [1.807, 2.05) is 6.92 Å². The highest BCUT2D eigenvalue weighted by Gasteiger charge is 2.25. The van der Waals surface area contributed by atoms with E-state index >= 15 is 0 Å². The number of hydrogen-bond donors (Lipinski definition) is 2. The van der Waals surface area contributed by atoms with Crippen molar-refractivity contribution in [1.82, 2.24) is 10.2 Å². The minimum absolute atomic E-state index is 0.197. The number of nitrogens with zero attached hydrogens (tertiary/aromatic N) is 1. The first-order chi connectivity index (χ1) is 9.15. The van der Waals surface area contributed by atoms with Gasteiger partial charge >= 0.3 is 0 Å². The van der Waals surface area contributed by atoms with Crippen molar-refractivity contribution < 1.29 is 9.90 Å². The van der Waals surface area contributed by atoms with Crippen LogP contribution in [0.4, 0.5) is 0 Å². The van der Waals surface area contributed by atoms with E-state index in [2.05, 4.69) is 10.2 Å². The topological polar surface area (TPSA) is 52.6 Å². The zero-order chi connectivity index (χ0) is 13.7. The molecule has 0 radical (unpaired) electrons. The molecule has 1 saturated carbocycles. The number of amides is 1. The fourth-order valence-corrected chi connectivity index (χ4v) is 2.96. The third-order valence-corrected chi connectivity index (χ3v) is 4.18. The van der Waals surface area contributed by atoms with Crippen molar-refractivity contribution in [3.05, 3.63) is 0 Å². The van der Waals surface area contributed by atoms with Crippen molar-refractivity contribution in [2.75, 3.05) is 13.1 Å². The maximum atomic E-state index is 11.8. The maximum absolute atomic E-state index is 11.8. The van der Waals surface area contributed by atoms with Crippen LogP contribution in [0.3, 0.4) is 0 Å². The summed E-state index contributed by atoms with van der Waals surface area (Å²) in [6.45, 7) is 3.78. The molecule has 4 heteroatoms. The lowest BCUT2D eigenvalue weighted by molar-refractivity contribution is -0.121. The Balaban J connectivity index is 1.77. The summed E-state index contributed by atoms with van der Waals surface area (Å²) in [6, 6.07) is 0.918. The van der Waals surface area contributed by atoms with Gasteiger partial charge in [0.1, 0.15) is 0 Å². The molecule has 2 aliphatic rings. The summed E-state index contributed by atoms with van der Waals surface area (Å²) in [5.41, 5.74) is 0. The number of carbonyl (C=O) groups is 1. The summed E-state index contributed by atoms with van der Waals surface area (Å²) in [7, 11) is 0. The number of aliphatic hydroxyl groups is 1. The molecular weight excluding hydrogens is 240 g/mol. The second-order valence-electron chi connectivity index (χ2n) is 6.22. The molecule has 1 saturated heterocycles. The molecule has 19 heavy (non-hydrogen) atoms. The van der Waals surface area contributed by atoms with E-state index < -0.39 is 0 Å². The lowest BCUT2D eigenvalue weighted by atomic mass is 10.0. The quantitative estimate of drug-likeness (QED) is 0.770. The third-order valence-electron chi connectivity index (χ3n) is 4.18. The molecule has 2 unspecified atom stereocenters. The Bertz CT molecular complexity index is 290. The van der Waals surface area contributed by atoms with E-state index in [1.54, 1.807) is 0 Å². The van der Waals surface area contributed by atoms with Crippen LogP contribution in [0.5, 0.6) is 0 Å². The Morgan fingerprint density at radius 3 is 2.79 bits per heavy atom. The summed E-state index contributed by atoms with van der Waals surface area (Å²) in [5.74, 6) is 0.197. The molecule has 0 aromatic carbocycles. The van der Waals surface area contributed by atoms with Crippen LogP contribution >= 0.6 is 0 Å². The molecule has 0 bridgehead atoms. The van der Waals surface area contributed by atoms with Gasteiger partial charge in [0.25, 0.3) is 0 Å². The molecule has 1 aliphatic carbocycles. The lowest BCUT2D eigenvalue weighted by Gasteiger charge is -2.30. The Hall–Kier alpha value is -0.610. The highest BCUT2D eigenvalue weighted by atomic mass is 16.3. The molecule has 4 nitrogen and oxygen atoms in total. The minimum Gasteiger partial charge on any atom is -0.393 e. The van der Waals surface area contributed by atoms with Gasteiger partial charge in [-0.1, -0.05) is 12.8 Å². The molecule has 2 rings (SSSR count). The van der Waals surface area contributed by atoms with Crippen LogP contribution in [0, 0.1) is 0 Å². The van der Waals surface area contributed by atoms with E-state index in [4.69, 9.17) is 0 Å². The monoisotopic (exact) mass is 268 g/mol. The first-order valence-electron chi connectivity index (χ1n) is 7.86. The second kappa shape index (κ2) is 7.25. The van der Waals surface area contributed by atoms with Crippen molar-refractivity contribution in [2.24, 2.45) is 0 Å². The second-order valence-corrected chi connectivity index (χ2v) is 6.22. The van der Waals surface area contributed by atoms with E-state index in [1.165, 1.54) is 19.3 Å². The smallest absolute Gasteiger partial charge is 0.221 e. The van der Waals surface area contributed by atoms with Crippen molar-refractivity contribution in [2.45, 2.75) is 76.5 Å². The predicted octanol–water partition coefficient (Wildman–Crippen LogP) is 1.67. The first-order valence-corrected chi connectivity index (χ1v) is 7.86. The fourth-order valence-electron chi connectivity index (χ4n) is 2.96. The molecule has 110 valence electrons. The van der Waals surface area contributed by atoms with Crippen molar-refractivity contribution >= 4 is 5.91 Å². The predicted molar refractivity (Wildman–Crippen MR) is 75.9 cm³/mol. The molecule has 0 aromatic rings. The van der Waals surface area contributed by atoms with Crippen LogP contribution in [0.2, 0.25) is 0 Å². The fraction of sp³-hybridized carbons (Fsp3) is 0.933. The Kier molecular flexibility index (Phi) is 5.64. The molecule has 1 amide bonds.